The number of likely N-dealkylation sites (tertiary alicyclic amines) is 1. The molecule has 0 saturated carbocycles. The van der Waals surface area contributed by atoms with Crippen LogP contribution in [0.5, 0.6) is 0 Å². The van der Waals surface area contributed by atoms with E-state index in [0.717, 1.165) is 18.2 Å². The molecule has 1 saturated heterocycles. The standard InChI is InChI=1S/C30H36F4N4O2/c1-18(39)29(40)38(15-20-14-36(5)16-25(20)34)27(30(2,3)4)28-35-26(23-12-22(32)9-10-24(23)33)17-37(28)13-19-7-6-8-21(31)11-19/h6-12,17-18,20,25,27,39H,13-16H2,1-5H3/t18-,20+,25+,27+/m1/s1. The zero-order valence-corrected chi connectivity index (χ0v) is 23.4. The molecule has 1 N–H and O–H groups in total. The lowest BCUT2D eigenvalue weighted by atomic mass is 9.84. The van der Waals surface area contributed by atoms with E-state index in [0.29, 0.717) is 17.9 Å². The molecule has 0 bridgehead atoms. The van der Waals surface area contributed by atoms with Crippen molar-refractivity contribution >= 4 is 5.91 Å². The van der Waals surface area contributed by atoms with E-state index >= 15 is 0 Å². The van der Waals surface area contributed by atoms with E-state index in [1.165, 1.54) is 24.0 Å². The fourth-order valence-electron chi connectivity index (χ4n) is 5.45. The van der Waals surface area contributed by atoms with Gasteiger partial charge in [0.15, 0.2) is 0 Å². The van der Waals surface area contributed by atoms with Crippen LogP contribution in [0.4, 0.5) is 17.6 Å². The molecule has 216 valence electrons. The third-order valence-electron chi connectivity index (χ3n) is 7.25. The van der Waals surface area contributed by atoms with Crippen molar-refractivity contribution in [1.82, 2.24) is 19.4 Å². The number of carbonyl (C=O) groups is 1. The van der Waals surface area contributed by atoms with E-state index in [2.05, 4.69) is 0 Å². The summed E-state index contributed by atoms with van der Waals surface area (Å²) < 4.78 is 59.7. The van der Waals surface area contributed by atoms with Crippen LogP contribution in [-0.4, -0.2) is 69.3 Å². The van der Waals surface area contributed by atoms with Crippen LogP contribution in [0.2, 0.25) is 0 Å². The molecule has 2 aromatic carbocycles. The third-order valence-corrected chi connectivity index (χ3v) is 7.25. The van der Waals surface area contributed by atoms with E-state index < -0.39 is 53.0 Å². The Morgan fingerprint density at radius 3 is 2.42 bits per heavy atom. The molecule has 0 unspecified atom stereocenters. The van der Waals surface area contributed by atoms with E-state index in [1.807, 2.05) is 25.7 Å². The first kappa shape index (κ1) is 29.7. The van der Waals surface area contributed by atoms with Crippen LogP contribution in [0.15, 0.2) is 48.7 Å². The maximum Gasteiger partial charge on any atom is 0.251 e. The Bertz CT molecular complexity index is 1350. The summed E-state index contributed by atoms with van der Waals surface area (Å²) in [5, 5.41) is 10.4. The van der Waals surface area contributed by atoms with Crippen molar-refractivity contribution < 1.29 is 27.5 Å². The number of hydrogen-bond acceptors (Lipinski definition) is 4. The summed E-state index contributed by atoms with van der Waals surface area (Å²) in [5.74, 6) is -2.53. The summed E-state index contributed by atoms with van der Waals surface area (Å²) in [7, 11) is 1.81. The van der Waals surface area contributed by atoms with Crippen molar-refractivity contribution in [2.24, 2.45) is 11.3 Å². The van der Waals surface area contributed by atoms with E-state index in [-0.39, 0.29) is 30.9 Å². The molecule has 1 aliphatic heterocycles. The summed E-state index contributed by atoms with van der Waals surface area (Å²) in [6, 6.07) is 8.24. The van der Waals surface area contributed by atoms with Crippen LogP contribution in [0.3, 0.4) is 0 Å². The Hall–Kier alpha value is -3.24. The third kappa shape index (κ3) is 6.55. The quantitative estimate of drug-likeness (QED) is 0.384. The van der Waals surface area contributed by atoms with Crippen molar-refractivity contribution in [1.29, 1.82) is 0 Å². The molecule has 1 amide bonds. The van der Waals surface area contributed by atoms with Gasteiger partial charge in [-0.1, -0.05) is 32.9 Å². The molecule has 2 heterocycles. The highest BCUT2D eigenvalue weighted by Gasteiger charge is 2.42. The predicted molar refractivity (Wildman–Crippen MR) is 145 cm³/mol. The Kier molecular flexibility index (Phi) is 8.70. The van der Waals surface area contributed by atoms with Gasteiger partial charge in [-0.15, -0.1) is 0 Å². The lowest BCUT2D eigenvalue weighted by Gasteiger charge is -2.41. The number of nitrogens with zero attached hydrogens (tertiary/aromatic N) is 4. The molecular formula is C30H36F4N4O2. The van der Waals surface area contributed by atoms with Crippen molar-refractivity contribution in [2.45, 2.75) is 52.6 Å². The minimum Gasteiger partial charge on any atom is -0.384 e. The normalized spacial score (nSPS) is 19.6. The number of halogens is 4. The molecule has 10 heteroatoms. The van der Waals surface area contributed by atoms with E-state index in [1.54, 1.807) is 29.9 Å². The van der Waals surface area contributed by atoms with Gasteiger partial charge in [0.2, 0.25) is 0 Å². The molecular weight excluding hydrogens is 524 g/mol. The monoisotopic (exact) mass is 560 g/mol. The molecule has 0 spiro atoms. The molecule has 1 aromatic heterocycles. The largest absolute Gasteiger partial charge is 0.384 e. The summed E-state index contributed by atoms with van der Waals surface area (Å²) >= 11 is 0. The number of hydrogen-bond donors (Lipinski definition) is 1. The zero-order chi connectivity index (χ0) is 29.4. The highest BCUT2D eigenvalue weighted by Crippen LogP contribution is 2.41. The highest BCUT2D eigenvalue weighted by atomic mass is 19.1. The second-order valence-corrected chi connectivity index (χ2v) is 11.8. The first-order valence-electron chi connectivity index (χ1n) is 13.3. The van der Waals surface area contributed by atoms with E-state index in [9.17, 15) is 27.5 Å². The average Bonchev–Trinajstić information content (AvgIpc) is 3.40. The van der Waals surface area contributed by atoms with Crippen molar-refractivity contribution in [3.8, 4) is 11.3 Å². The van der Waals surface area contributed by atoms with Gasteiger partial charge in [-0.3, -0.25) is 4.79 Å². The van der Waals surface area contributed by atoms with Gasteiger partial charge in [0, 0.05) is 43.9 Å². The average molecular weight is 561 g/mol. The number of aliphatic hydroxyl groups excluding tert-OH is 1. The Labute approximate surface area is 232 Å². The number of imidazole rings is 1. The smallest absolute Gasteiger partial charge is 0.251 e. The van der Waals surface area contributed by atoms with Crippen molar-refractivity contribution in [2.75, 3.05) is 26.7 Å². The fraction of sp³-hybridized carbons (Fsp3) is 0.467. The van der Waals surface area contributed by atoms with Crippen LogP contribution >= 0.6 is 0 Å². The Morgan fingerprint density at radius 1 is 1.12 bits per heavy atom. The molecule has 4 rings (SSSR count). The number of rotatable bonds is 8. The molecule has 0 radical (unpaired) electrons. The summed E-state index contributed by atoms with van der Waals surface area (Å²) in [4.78, 5) is 21.5. The lowest BCUT2D eigenvalue weighted by Crippen LogP contribution is -2.49. The second-order valence-electron chi connectivity index (χ2n) is 11.8. The van der Waals surface area contributed by atoms with Gasteiger partial charge in [-0.05, 0) is 55.3 Å². The number of aliphatic hydroxyl groups is 1. The van der Waals surface area contributed by atoms with Crippen molar-refractivity contribution in [3.05, 3.63) is 77.5 Å². The molecule has 1 fully saturated rings. The van der Waals surface area contributed by atoms with Crippen LogP contribution in [0, 0.1) is 28.8 Å². The first-order valence-corrected chi connectivity index (χ1v) is 13.3. The zero-order valence-electron chi connectivity index (χ0n) is 23.4. The SMILES string of the molecule is C[C@@H](O)C(=O)N(C[C@@H]1CN(C)C[C@@H]1F)[C@@H](c1nc(-c2cc(F)ccc2F)cn1Cc1cccc(F)c1)C(C)(C)C. The van der Waals surface area contributed by atoms with Gasteiger partial charge in [0.25, 0.3) is 5.91 Å². The Balaban J connectivity index is 1.89. The van der Waals surface area contributed by atoms with Crippen LogP contribution in [-0.2, 0) is 11.3 Å². The fourth-order valence-corrected chi connectivity index (χ4v) is 5.45. The number of benzene rings is 2. The van der Waals surface area contributed by atoms with Gasteiger partial charge in [-0.2, -0.15) is 0 Å². The predicted octanol–water partition coefficient (Wildman–Crippen LogP) is 5.21. The van der Waals surface area contributed by atoms with Gasteiger partial charge in [0.05, 0.1) is 11.7 Å². The van der Waals surface area contributed by atoms with E-state index in [4.69, 9.17) is 4.98 Å². The maximum atomic E-state index is 15.0. The number of alkyl halides is 1. The van der Waals surface area contributed by atoms with Gasteiger partial charge in [-0.25, -0.2) is 22.5 Å². The first-order chi connectivity index (χ1) is 18.7. The molecule has 40 heavy (non-hydrogen) atoms. The number of aromatic nitrogens is 2. The summed E-state index contributed by atoms with van der Waals surface area (Å²) in [6.45, 7) is 7.82. The number of amides is 1. The van der Waals surface area contributed by atoms with Crippen LogP contribution in [0.25, 0.3) is 11.3 Å². The molecule has 4 atom stereocenters. The molecule has 3 aromatic rings. The maximum absolute atomic E-state index is 15.0. The minimum absolute atomic E-state index is 0.0215. The summed E-state index contributed by atoms with van der Waals surface area (Å²) in [5.41, 5.74) is -0.0382. The lowest BCUT2D eigenvalue weighted by molar-refractivity contribution is -0.146. The van der Waals surface area contributed by atoms with Crippen LogP contribution < -0.4 is 0 Å². The highest BCUT2D eigenvalue weighted by molar-refractivity contribution is 5.80. The molecule has 0 aliphatic carbocycles. The topological polar surface area (TPSA) is 61.6 Å². The van der Waals surface area contributed by atoms with Gasteiger partial charge >= 0.3 is 0 Å². The van der Waals surface area contributed by atoms with Crippen molar-refractivity contribution in [3.63, 3.8) is 0 Å². The Morgan fingerprint density at radius 2 is 1.82 bits per heavy atom. The minimum atomic E-state index is -1.37. The molecule has 1 aliphatic rings. The summed E-state index contributed by atoms with van der Waals surface area (Å²) in [6.07, 6.45) is -0.990. The second kappa shape index (κ2) is 11.7. The van der Waals surface area contributed by atoms with Gasteiger partial charge in [0.1, 0.15) is 35.6 Å². The molecule has 6 nitrogen and oxygen atoms in total. The van der Waals surface area contributed by atoms with Crippen LogP contribution in [0.1, 0.15) is 45.1 Å². The van der Waals surface area contributed by atoms with Gasteiger partial charge < -0.3 is 19.5 Å². The number of carbonyl (C=O) groups excluding carboxylic acids is 1.